The molecular formula is C18H27FN2O3S. The van der Waals surface area contributed by atoms with E-state index in [1.807, 2.05) is 0 Å². The van der Waals surface area contributed by atoms with Crippen molar-refractivity contribution < 1.29 is 17.9 Å². The summed E-state index contributed by atoms with van der Waals surface area (Å²) in [5, 5.41) is 14.0. The molecule has 2 aliphatic heterocycles. The highest BCUT2D eigenvalue weighted by atomic mass is 32.2. The Morgan fingerprint density at radius 1 is 1.36 bits per heavy atom. The molecule has 0 aromatic heterocycles. The van der Waals surface area contributed by atoms with Crippen LogP contribution in [0.4, 0.5) is 4.39 Å². The third kappa shape index (κ3) is 4.78. The van der Waals surface area contributed by atoms with Crippen molar-refractivity contribution in [1.29, 1.82) is 0 Å². The van der Waals surface area contributed by atoms with Crippen molar-refractivity contribution in [2.45, 2.75) is 50.3 Å². The summed E-state index contributed by atoms with van der Waals surface area (Å²) in [5.41, 5.74) is 0.596. The molecule has 2 fully saturated rings. The number of hydrogen-bond donors (Lipinski definition) is 2. The molecule has 2 heterocycles. The van der Waals surface area contributed by atoms with Crippen LogP contribution in [0.5, 0.6) is 0 Å². The number of hydrogen-bond acceptors (Lipinski definition) is 4. The fraction of sp³-hybridized carbons (Fsp3) is 0.667. The lowest BCUT2D eigenvalue weighted by atomic mass is 9.92. The molecule has 0 aliphatic carbocycles. The van der Waals surface area contributed by atoms with Gasteiger partial charge in [-0.05, 0) is 55.7 Å². The third-order valence-corrected chi connectivity index (χ3v) is 6.69. The number of piperidine rings is 1. The fourth-order valence-corrected chi connectivity index (χ4v) is 5.07. The van der Waals surface area contributed by atoms with E-state index in [0.717, 1.165) is 32.1 Å². The van der Waals surface area contributed by atoms with E-state index in [1.165, 1.54) is 18.4 Å². The monoisotopic (exact) mass is 370 g/mol. The van der Waals surface area contributed by atoms with Gasteiger partial charge in [0.1, 0.15) is 5.82 Å². The minimum atomic E-state index is -3.12. The molecule has 0 unspecified atom stereocenters. The van der Waals surface area contributed by atoms with Crippen LogP contribution in [-0.2, 0) is 10.0 Å². The number of aliphatic hydroxyl groups is 1. The topological polar surface area (TPSA) is 69.6 Å². The van der Waals surface area contributed by atoms with Gasteiger partial charge in [0.15, 0.2) is 0 Å². The van der Waals surface area contributed by atoms with Gasteiger partial charge in [-0.15, -0.1) is 0 Å². The van der Waals surface area contributed by atoms with Crippen LogP contribution in [0.3, 0.4) is 0 Å². The first-order valence-corrected chi connectivity index (χ1v) is 10.8. The summed E-state index contributed by atoms with van der Waals surface area (Å²) in [5.74, 6) is 0.0141. The minimum absolute atomic E-state index is 0.0820. The van der Waals surface area contributed by atoms with Crippen LogP contribution in [0.2, 0.25) is 0 Å². The number of benzene rings is 1. The summed E-state index contributed by atoms with van der Waals surface area (Å²) in [7, 11) is -3.12. The Morgan fingerprint density at radius 3 is 2.88 bits per heavy atom. The largest absolute Gasteiger partial charge is 0.387 e. The van der Waals surface area contributed by atoms with Crippen LogP contribution in [0.15, 0.2) is 24.3 Å². The van der Waals surface area contributed by atoms with Crippen molar-refractivity contribution in [3.8, 4) is 0 Å². The van der Waals surface area contributed by atoms with Gasteiger partial charge in [0.25, 0.3) is 0 Å². The summed E-state index contributed by atoms with van der Waals surface area (Å²) < 4.78 is 38.4. The Kier molecular flexibility index (Phi) is 5.78. The van der Waals surface area contributed by atoms with Gasteiger partial charge in [-0.3, -0.25) is 0 Å². The predicted molar refractivity (Wildman–Crippen MR) is 95.1 cm³/mol. The molecular weight excluding hydrogens is 343 g/mol. The highest BCUT2D eigenvalue weighted by Gasteiger charge is 2.33. The van der Waals surface area contributed by atoms with Crippen LogP contribution in [0.1, 0.15) is 43.8 Å². The van der Waals surface area contributed by atoms with E-state index >= 15 is 0 Å². The summed E-state index contributed by atoms with van der Waals surface area (Å²) in [6.07, 6.45) is 5.20. The van der Waals surface area contributed by atoms with Crippen molar-refractivity contribution in [3.63, 3.8) is 0 Å². The molecule has 2 saturated heterocycles. The first kappa shape index (κ1) is 18.8. The first-order chi connectivity index (χ1) is 11.8. The van der Waals surface area contributed by atoms with Gasteiger partial charge in [-0.25, -0.2) is 17.1 Å². The summed E-state index contributed by atoms with van der Waals surface area (Å²) in [6.45, 7) is 1.21. The number of nitrogens with zero attached hydrogens (tertiary/aromatic N) is 1. The molecule has 3 rings (SSSR count). The SMILES string of the molecule is CS(=O)(=O)N1CCC[C@H](C[C@@H]2CC[C@H]([C@H](O)c3cccc(F)c3)N2)C1. The molecule has 4 atom stereocenters. The number of aliphatic hydroxyl groups excluding tert-OH is 1. The van der Waals surface area contributed by atoms with Gasteiger partial charge in [-0.2, -0.15) is 0 Å². The molecule has 1 aromatic rings. The lowest BCUT2D eigenvalue weighted by Crippen LogP contribution is -2.42. The second kappa shape index (κ2) is 7.70. The standard InChI is InChI=1S/C18H27FN2O3S/c1-25(23,24)21-9-3-4-13(12-21)10-16-7-8-17(20-16)18(22)14-5-2-6-15(19)11-14/h2,5-6,11,13,16-18,20,22H,3-4,7-10,12H2,1H3/t13-,16+,17-,18-/m1/s1. The molecule has 2 aliphatic rings. The summed E-state index contributed by atoms with van der Waals surface area (Å²) in [4.78, 5) is 0. The van der Waals surface area contributed by atoms with E-state index in [2.05, 4.69) is 5.32 Å². The Balaban J connectivity index is 1.54. The maximum absolute atomic E-state index is 13.3. The van der Waals surface area contributed by atoms with Gasteiger partial charge in [0.05, 0.1) is 12.4 Å². The predicted octanol–water partition coefficient (Wildman–Crippen LogP) is 2.04. The zero-order valence-electron chi connectivity index (χ0n) is 14.6. The number of halogens is 1. The van der Waals surface area contributed by atoms with E-state index in [9.17, 15) is 17.9 Å². The Morgan fingerprint density at radius 2 is 2.16 bits per heavy atom. The molecule has 0 bridgehead atoms. The minimum Gasteiger partial charge on any atom is -0.387 e. The van der Waals surface area contributed by atoms with E-state index in [4.69, 9.17) is 0 Å². The van der Waals surface area contributed by atoms with Gasteiger partial charge in [0, 0.05) is 25.2 Å². The van der Waals surface area contributed by atoms with Crippen LogP contribution >= 0.6 is 0 Å². The molecule has 5 nitrogen and oxygen atoms in total. The van der Waals surface area contributed by atoms with E-state index in [-0.39, 0.29) is 17.9 Å². The zero-order valence-corrected chi connectivity index (χ0v) is 15.4. The highest BCUT2D eigenvalue weighted by molar-refractivity contribution is 7.88. The molecule has 0 amide bonds. The number of rotatable bonds is 5. The maximum atomic E-state index is 13.3. The normalized spacial score (nSPS) is 29.6. The fourth-order valence-electron chi connectivity index (χ4n) is 4.13. The van der Waals surface area contributed by atoms with Crippen LogP contribution in [-0.4, -0.2) is 49.3 Å². The van der Waals surface area contributed by atoms with Gasteiger partial charge >= 0.3 is 0 Å². The van der Waals surface area contributed by atoms with Crippen LogP contribution < -0.4 is 5.32 Å². The van der Waals surface area contributed by atoms with Crippen molar-refractivity contribution in [2.24, 2.45) is 5.92 Å². The maximum Gasteiger partial charge on any atom is 0.211 e. The summed E-state index contributed by atoms with van der Waals surface area (Å²) in [6, 6.07) is 6.30. The van der Waals surface area contributed by atoms with Crippen molar-refractivity contribution in [2.75, 3.05) is 19.3 Å². The zero-order chi connectivity index (χ0) is 18.0. The molecule has 0 saturated carbocycles. The Labute approximate surface area is 149 Å². The number of sulfonamides is 1. The molecule has 1 aromatic carbocycles. The van der Waals surface area contributed by atoms with Crippen molar-refractivity contribution >= 4 is 10.0 Å². The van der Waals surface area contributed by atoms with Gasteiger partial charge in [0.2, 0.25) is 10.0 Å². The average Bonchev–Trinajstić information content (AvgIpc) is 3.02. The third-order valence-electron chi connectivity index (χ3n) is 5.42. The Bertz CT molecular complexity index is 697. The second-order valence-electron chi connectivity index (χ2n) is 7.41. The van der Waals surface area contributed by atoms with Crippen LogP contribution in [0, 0.1) is 11.7 Å². The van der Waals surface area contributed by atoms with Crippen molar-refractivity contribution in [1.82, 2.24) is 9.62 Å². The lowest BCUT2D eigenvalue weighted by molar-refractivity contribution is 0.133. The molecule has 0 spiro atoms. The van der Waals surface area contributed by atoms with Gasteiger partial charge in [-0.1, -0.05) is 12.1 Å². The Hall–Kier alpha value is -1.02. The highest BCUT2D eigenvalue weighted by Crippen LogP contribution is 2.30. The summed E-state index contributed by atoms with van der Waals surface area (Å²) >= 11 is 0. The van der Waals surface area contributed by atoms with E-state index in [0.29, 0.717) is 24.6 Å². The molecule has 140 valence electrons. The number of nitrogens with one attached hydrogen (secondary N) is 1. The van der Waals surface area contributed by atoms with Crippen LogP contribution in [0.25, 0.3) is 0 Å². The molecule has 2 N–H and O–H groups in total. The van der Waals surface area contributed by atoms with E-state index < -0.39 is 16.1 Å². The van der Waals surface area contributed by atoms with E-state index in [1.54, 1.807) is 16.4 Å². The van der Waals surface area contributed by atoms with Crippen molar-refractivity contribution in [3.05, 3.63) is 35.6 Å². The average molecular weight is 370 g/mol. The molecule has 25 heavy (non-hydrogen) atoms. The second-order valence-corrected chi connectivity index (χ2v) is 9.39. The lowest BCUT2D eigenvalue weighted by Gasteiger charge is -2.32. The molecule has 0 radical (unpaired) electrons. The first-order valence-electron chi connectivity index (χ1n) is 8.97. The molecule has 7 heteroatoms. The van der Waals surface area contributed by atoms with Gasteiger partial charge < -0.3 is 10.4 Å². The quantitative estimate of drug-likeness (QED) is 0.832. The smallest absolute Gasteiger partial charge is 0.211 e.